The Kier molecular flexibility index (Phi) is 7.37. The van der Waals surface area contributed by atoms with Gasteiger partial charge >= 0.3 is 0 Å². The summed E-state index contributed by atoms with van der Waals surface area (Å²) in [7, 11) is 0. The van der Waals surface area contributed by atoms with E-state index in [1.807, 2.05) is 18.2 Å². The first kappa shape index (κ1) is 22.9. The summed E-state index contributed by atoms with van der Waals surface area (Å²) in [5.74, 6) is -0.140. The van der Waals surface area contributed by atoms with E-state index in [0.29, 0.717) is 28.4 Å². The van der Waals surface area contributed by atoms with Crippen LogP contribution in [0.4, 0.5) is 11.4 Å². The fourth-order valence-corrected chi connectivity index (χ4v) is 4.23. The number of hydrogen-bond acceptors (Lipinski definition) is 5. The van der Waals surface area contributed by atoms with Crippen molar-refractivity contribution in [1.29, 1.82) is 5.26 Å². The van der Waals surface area contributed by atoms with Gasteiger partial charge in [-0.2, -0.15) is 5.26 Å². The normalized spacial score (nSPS) is 14.4. The molecule has 1 amide bonds. The molecule has 0 spiro atoms. The van der Waals surface area contributed by atoms with Gasteiger partial charge in [-0.3, -0.25) is 9.59 Å². The van der Waals surface area contributed by atoms with Crippen molar-refractivity contribution in [2.24, 2.45) is 0 Å². The van der Waals surface area contributed by atoms with Crippen LogP contribution >= 0.6 is 11.6 Å². The molecule has 1 fully saturated rings. The molecule has 0 aliphatic carbocycles. The number of amides is 1. The third kappa shape index (κ3) is 5.27. The van der Waals surface area contributed by atoms with E-state index in [0.717, 1.165) is 44.0 Å². The van der Waals surface area contributed by atoms with Gasteiger partial charge in [0.2, 0.25) is 5.91 Å². The van der Waals surface area contributed by atoms with Gasteiger partial charge in [0.25, 0.3) is 5.56 Å². The minimum atomic E-state index is -0.391. The number of benzene rings is 1. The topological polar surface area (TPSA) is 92.2 Å². The Morgan fingerprint density at radius 3 is 2.61 bits per heavy atom. The summed E-state index contributed by atoms with van der Waals surface area (Å²) < 4.78 is 0. The van der Waals surface area contributed by atoms with Gasteiger partial charge in [-0.25, -0.2) is 0 Å². The summed E-state index contributed by atoms with van der Waals surface area (Å²) in [5, 5.41) is 12.8. The first-order valence-electron chi connectivity index (χ1n) is 10.5. The van der Waals surface area contributed by atoms with Gasteiger partial charge in [0.15, 0.2) is 0 Å². The number of carbonyl (C=O) groups excluding carboxylic acids is 1. The number of nitriles is 1. The van der Waals surface area contributed by atoms with Gasteiger partial charge in [-0.15, -0.1) is 0 Å². The average molecular weight is 442 g/mol. The van der Waals surface area contributed by atoms with Crippen molar-refractivity contribution in [2.45, 2.75) is 33.6 Å². The maximum atomic E-state index is 12.8. The van der Waals surface area contributed by atoms with E-state index in [4.69, 9.17) is 11.6 Å². The average Bonchev–Trinajstić information content (AvgIpc) is 2.74. The molecule has 31 heavy (non-hydrogen) atoms. The maximum absolute atomic E-state index is 12.8. The summed E-state index contributed by atoms with van der Waals surface area (Å²) in [6.45, 7) is 10.5. The number of rotatable bonds is 6. The van der Waals surface area contributed by atoms with Gasteiger partial charge < -0.3 is 20.1 Å². The lowest BCUT2D eigenvalue weighted by atomic mass is 9.99. The van der Waals surface area contributed by atoms with E-state index in [1.54, 1.807) is 19.9 Å². The van der Waals surface area contributed by atoms with Crippen molar-refractivity contribution in [2.75, 3.05) is 42.9 Å². The van der Waals surface area contributed by atoms with E-state index in [1.165, 1.54) is 0 Å². The molecule has 0 radical (unpaired) electrons. The monoisotopic (exact) mass is 441 g/mol. The molecule has 1 aromatic heterocycles. The Morgan fingerprint density at radius 2 is 1.97 bits per heavy atom. The van der Waals surface area contributed by atoms with Crippen LogP contribution in [0.25, 0.3) is 0 Å². The maximum Gasteiger partial charge on any atom is 0.266 e. The molecule has 2 N–H and O–H groups in total. The zero-order valence-corrected chi connectivity index (χ0v) is 19.0. The zero-order valence-electron chi connectivity index (χ0n) is 18.2. The number of anilines is 2. The van der Waals surface area contributed by atoms with Crippen molar-refractivity contribution in [3.8, 4) is 6.07 Å². The van der Waals surface area contributed by atoms with E-state index < -0.39 is 5.56 Å². The number of halogens is 1. The van der Waals surface area contributed by atoms with Crippen molar-refractivity contribution in [1.82, 2.24) is 9.88 Å². The highest BCUT2D eigenvalue weighted by atomic mass is 35.5. The molecule has 3 rings (SSSR count). The zero-order chi connectivity index (χ0) is 22.5. The minimum Gasteiger partial charge on any atom is -0.367 e. The number of carbonyl (C=O) groups is 1. The smallest absolute Gasteiger partial charge is 0.266 e. The van der Waals surface area contributed by atoms with Crippen LogP contribution in [0.5, 0.6) is 0 Å². The highest BCUT2D eigenvalue weighted by Gasteiger charge is 2.20. The van der Waals surface area contributed by atoms with Crippen LogP contribution in [0.3, 0.4) is 0 Å². The predicted octanol–water partition coefficient (Wildman–Crippen LogP) is 3.23. The van der Waals surface area contributed by atoms with Crippen molar-refractivity contribution in [3.63, 3.8) is 0 Å². The number of pyridine rings is 1. The number of nitrogens with zero attached hydrogens (tertiary/aromatic N) is 3. The number of aromatic nitrogens is 1. The molecule has 0 bridgehead atoms. The standard InChI is InChI=1S/C23H28ClN5O2/c1-4-28-9-11-29(12-10-28)21-7-5-17(24)13-20(21)27-22(30)8-6-18-15(2)19(14-25)23(31)26-16(18)3/h5,7,13H,4,6,8-12H2,1-3H3,(H,26,31)(H,27,30). The molecule has 8 heteroatoms. The molecule has 1 aliphatic heterocycles. The summed E-state index contributed by atoms with van der Waals surface area (Å²) in [4.78, 5) is 32.0. The lowest BCUT2D eigenvalue weighted by Gasteiger charge is -2.36. The van der Waals surface area contributed by atoms with Crippen LogP contribution in [0.2, 0.25) is 5.02 Å². The number of likely N-dealkylation sites (N-methyl/N-ethyl adjacent to an activating group) is 1. The summed E-state index contributed by atoms with van der Waals surface area (Å²) in [6.07, 6.45) is 0.661. The third-order valence-corrected chi connectivity index (χ3v) is 6.15. The third-order valence-electron chi connectivity index (χ3n) is 5.92. The van der Waals surface area contributed by atoms with Gasteiger partial charge in [-0.1, -0.05) is 18.5 Å². The van der Waals surface area contributed by atoms with Crippen LogP contribution in [-0.2, 0) is 11.2 Å². The number of hydrogen-bond donors (Lipinski definition) is 2. The van der Waals surface area contributed by atoms with Crippen LogP contribution in [0.15, 0.2) is 23.0 Å². The van der Waals surface area contributed by atoms with E-state index in [2.05, 4.69) is 27.0 Å². The number of H-pyrrole nitrogens is 1. The first-order chi connectivity index (χ1) is 14.8. The Balaban J connectivity index is 1.73. The molecule has 7 nitrogen and oxygen atoms in total. The Labute approximate surface area is 187 Å². The van der Waals surface area contributed by atoms with Gasteiger partial charge in [0.05, 0.1) is 11.4 Å². The van der Waals surface area contributed by atoms with Crippen LogP contribution in [-0.4, -0.2) is 48.5 Å². The fraction of sp³-hybridized carbons (Fsp3) is 0.435. The first-order valence-corrected chi connectivity index (χ1v) is 10.9. The highest BCUT2D eigenvalue weighted by Crippen LogP contribution is 2.30. The molecule has 2 aromatic rings. The predicted molar refractivity (Wildman–Crippen MR) is 124 cm³/mol. The molecule has 1 aliphatic rings. The number of piperazine rings is 1. The molecule has 1 aromatic carbocycles. The second-order valence-electron chi connectivity index (χ2n) is 7.80. The highest BCUT2D eigenvalue weighted by molar-refractivity contribution is 6.31. The molecule has 2 heterocycles. The second kappa shape index (κ2) is 9.99. The van der Waals surface area contributed by atoms with Gasteiger partial charge in [-0.05, 0) is 56.1 Å². The summed E-state index contributed by atoms with van der Waals surface area (Å²) in [5.41, 5.74) is 3.53. The Hall–Kier alpha value is -2.82. The molecule has 1 saturated heterocycles. The molecule has 0 saturated carbocycles. The SMILES string of the molecule is CCN1CCN(c2ccc(Cl)cc2NC(=O)CCc2c(C)[nH]c(=O)c(C#N)c2C)CC1. The van der Waals surface area contributed by atoms with Gasteiger partial charge in [0, 0.05) is 43.3 Å². The van der Waals surface area contributed by atoms with Crippen LogP contribution in [0.1, 0.15) is 35.7 Å². The quantitative estimate of drug-likeness (QED) is 0.718. The molecule has 164 valence electrons. The van der Waals surface area contributed by atoms with E-state index in [-0.39, 0.29) is 17.9 Å². The molecular formula is C23H28ClN5O2. The molecule has 0 atom stereocenters. The number of aryl methyl sites for hydroxylation is 1. The lowest BCUT2D eigenvalue weighted by molar-refractivity contribution is -0.116. The Bertz CT molecular complexity index is 1060. The van der Waals surface area contributed by atoms with E-state index >= 15 is 0 Å². The van der Waals surface area contributed by atoms with Crippen molar-refractivity contribution < 1.29 is 4.79 Å². The second-order valence-corrected chi connectivity index (χ2v) is 8.24. The number of aromatic amines is 1. The largest absolute Gasteiger partial charge is 0.367 e. The van der Waals surface area contributed by atoms with Gasteiger partial charge in [0.1, 0.15) is 11.6 Å². The van der Waals surface area contributed by atoms with Crippen LogP contribution in [0, 0.1) is 25.2 Å². The Morgan fingerprint density at radius 1 is 1.26 bits per heavy atom. The summed E-state index contributed by atoms with van der Waals surface area (Å²) >= 11 is 6.21. The van der Waals surface area contributed by atoms with E-state index in [9.17, 15) is 14.9 Å². The van der Waals surface area contributed by atoms with Crippen molar-refractivity contribution >= 4 is 28.9 Å². The summed E-state index contributed by atoms with van der Waals surface area (Å²) in [6, 6.07) is 7.53. The lowest BCUT2D eigenvalue weighted by Crippen LogP contribution is -2.46. The number of nitrogens with one attached hydrogen (secondary N) is 2. The minimum absolute atomic E-state index is 0.101. The fourth-order valence-electron chi connectivity index (χ4n) is 4.06. The van der Waals surface area contributed by atoms with Crippen LogP contribution < -0.4 is 15.8 Å². The molecular weight excluding hydrogens is 414 g/mol. The van der Waals surface area contributed by atoms with Crippen molar-refractivity contribution in [3.05, 3.63) is 56.0 Å². The molecule has 0 unspecified atom stereocenters.